The molecule has 1 rings (SSSR count). The van der Waals surface area contributed by atoms with Gasteiger partial charge in [-0.25, -0.2) is 4.98 Å². The third-order valence-electron chi connectivity index (χ3n) is 2.11. The van der Waals surface area contributed by atoms with Crippen molar-refractivity contribution in [2.24, 2.45) is 12.8 Å². The van der Waals surface area contributed by atoms with Gasteiger partial charge < -0.3 is 10.3 Å². The van der Waals surface area contributed by atoms with E-state index in [9.17, 15) is 0 Å². The molecule has 0 spiro atoms. The Morgan fingerprint density at radius 2 is 2.17 bits per heavy atom. The fourth-order valence-corrected chi connectivity index (χ4v) is 1.34. The van der Waals surface area contributed by atoms with Crippen LogP contribution in [0.25, 0.3) is 0 Å². The number of nitrogens with zero attached hydrogens (tertiary/aromatic N) is 2. The first kappa shape index (κ1) is 9.26. The molecule has 1 aromatic rings. The van der Waals surface area contributed by atoms with E-state index in [4.69, 9.17) is 5.73 Å². The van der Waals surface area contributed by atoms with Gasteiger partial charge in [-0.05, 0) is 6.92 Å². The van der Waals surface area contributed by atoms with Crippen LogP contribution >= 0.6 is 0 Å². The summed E-state index contributed by atoms with van der Waals surface area (Å²) in [6.07, 6.45) is 2.02. The Labute approximate surface area is 73.6 Å². The standard InChI is InChI=1S/C9H17N3/c1-7-5-12(4)8(11-7)9(2,3)6-10/h5H,6,10H2,1-4H3. The van der Waals surface area contributed by atoms with Crippen LogP contribution in [0.1, 0.15) is 25.4 Å². The Hall–Kier alpha value is -0.830. The van der Waals surface area contributed by atoms with Crippen LogP contribution in [0.5, 0.6) is 0 Å². The smallest absolute Gasteiger partial charge is 0.115 e. The van der Waals surface area contributed by atoms with Crippen LogP contribution < -0.4 is 5.73 Å². The summed E-state index contributed by atoms with van der Waals surface area (Å²) in [7, 11) is 2.01. The molecule has 1 heterocycles. The maximum atomic E-state index is 5.66. The van der Waals surface area contributed by atoms with Gasteiger partial charge in [-0.3, -0.25) is 0 Å². The van der Waals surface area contributed by atoms with E-state index in [2.05, 4.69) is 18.8 Å². The molecular weight excluding hydrogens is 150 g/mol. The molecule has 1 aromatic heterocycles. The molecule has 0 unspecified atom stereocenters. The number of imidazole rings is 1. The van der Waals surface area contributed by atoms with Crippen molar-refractivity contribution in [1.29, 1.82) is 0 Å². The first-order valence-corrected chi connectivity index (χ1v) is 4.18. The molecule has 0 aliphatic carbocycles. The topological polar surface area (TPSA) is 43.8 Å². The summed E-state index contributed by atoms with van der Waals surface area (Å²) in [5.41, 5.74) is 6.69. The van der Waals surface area contributed by atoms with Crippen molar-refractivity contribution < 1.29 is 0 Å². The first-order chi connectivity index (χ1) is 5.47. The van der Waals surface area contributed by atoms with Gasteiger partial charge in [-0.2, -0.15) is 0 Å². The van der Waals surface area contributed by atoms with Gasteiger partial charge in [-0.1, -0.05) is 13.8 Å². The van der Waals surface area contributed by atoms with E-state index in [0.29, 0.717) is 6.54 Å². The van der Waals surface area contributed by atoms with Crippen molar-refractivity contribution in [3.8, 4) is 0 Å². The number of aryl methyl sites for hydroxylation is 2. The van der Waals surface area contributed by atoms with Crippen LogP contribution in [0.4, 0.5) is 0 Å². The maximum absolute atomic E-state index is 5.66. The molecule has 0 fully saturated rings. The average molecular weight is 167 g/mol. The second kappa shape index (κ2) is 2.90. The fraction of sp³-hybridized carbons (Fsp3) is 0.667. The highest BCUT2D eigenvalue weighted by molar-refractivity contribution is 5.11. The Bertz CT molecular complexity index is 273. The molecule has 12 heavy (non-hydrogen) atoms. The van der Waals surface area contributed by atoms with Crippen molar-refractivity contribution in [2.45, 2.75) is 26.2 Å². The third kappa shape index (κ3) is 1.50. The number of hydrogen-bond acceptors (Lipinski definition) is 2. The van der Waals surface area contributed by atoms with E-state index in [-0.39, 0.29) is 5.41 Å². The van der Waals surface area contributed by atoms with Crippen molar-refractivity contribution in [3.63, 3.8) is 0 Å². The van der Waals surface area contributed by atoms with Gasteiger partial charge in [0.25, 0.3) is 0 Å². The molecule has 0 atom stereocenters. The lowest BCUT2D eigenvalue weighted by atomic mass is 9.93. The third-order valence-corrected chi connectivity index (χ3v) is 2.11. The Morgan fingerprint density at radius 3 is 2.50 bits per heavy atom. The Balaban J connectivity index is 3.09. The molecule has 3 nitrogen and oxygen atoms in total. The van der Waals surface area contributed by atoms with Crippen molar-refractivity contribution >= 4 is 0 Å². The van der Waals surface area contributed by atoms with Gasteiger partial charge in [0.15, 0.2) is 0 Å². The Kier molecular flexibility index (Phi) is 2.24. The molecule has 0 saturated carbocycles. The Morgan fingerprint density at radius 1 is 1.58 bits per heavy atom. The predicted octanol–water partition coefficient (Wildman–Crippen LogP) is 0.965. The zero-order valence-electron chi connectivity index (χ0n) is 8.26. The SMILES string of the molecule is Cc1cn(C)c(C(C)(C)CN)n1. The number of rotatable bonds is 2. The second-order valence-corrected chi connectivity index (χ2v) is 3.90. The van der Waals surface area contributed by atoms with E-state index in [1.54, 1.807) is 0 Å². The molecule has 0 aromatic carbocycles. The van der Waals surface area contributed by atoms with Gasteiger partial charge in [0.2, 0.25) is 0 Å². The lowest BCUT2D eigenvalue weighted by Crippen LogP contribution is -2.31. The van der Waals surface area contributed by atoms with Crippen LogP contribution in [-0.2, 0) is 12.5 Å². The summed E-state index contributed by atoms with van der Waals surface area (Å²) < 4.78 is 2.04. The van der Waals surface area contributed by atoms with Gasteiger partial charge in [0.1, 0.15) is 5.82 Å². The van der Waals surface area contributed by atoms with E-state index < -0.39 is 0 Å². The largest absolute Gasteiger partial charge is 0.337 e. The molecule has 2 N–H and O–H groups in total. The predicted molar refractivity (Wildman–Crippen MR) is 50.0 cm³/mol. The summed E-state index contributed by atoms with van der Waals surface area (Å²) in [5, 5.41) is 0. The van der Waals surface area contributed by atoms with Crippen LogP contribution in [0.3, 0.4) is 0 Å². The normalized spacial score (nSPS) is 12.1. The zero-order chi connectivity index (χ0) is 9.35. The molecule has 68 valence electrons. The molecule has 0 aliphatic rings. The summed E-state index contributed by atoms with van der Waals surface area (Å²) >= 11 is 0. The van der Waals surface area contributed by atoms with Gasteiger partial charge in [0, 0.05) is 25.2 Å². The monoisotopic (exact) mass is 167 g/mol. The molecule has 0 bridgehead atoms. The number of aromatic nitrogens is 2. The first-order valence-electron chi connectivity index (χ1n) is 4.18. The molecule has 0 radical (unpaired) electrons. The summed E-state index contributed by atoms with van der Waals surface area (Å²) in [4.78, 5) is 4.44. The molecule has 0 aliphatic heterocycles. The molecule has 0 amide bonds. The number of hydrogen-bond donors (Lipinski definition) is 1. The molecule has 0 saturated heterocycles. The summed E-state index contributed by atoms with van der Waals surface area (Å²) in [6, 6.07) is 0. The molecule has 3 heteroatoms. The van der Waals surface area contributed by atoms with E-state index >= 15 is 0 Å². The van der Waals surface area contributed by atoms with Crippen LogP contribution in [0.2, 0.25) is 0 Å². The van der Waals surface area contributed by atoms with Gasteiger partial charge >= 0.3 is 0 Å². The quantitative estimate of drug-likeness (QED) is 0.713. The van der Waals surface area contributed by atoms with Crippen molar-refractivity contribution in [1.82, 2.24) is 9.55 Å². The molecular formula is C9H17N3. The minimum Gasteiger partial charge on any atom is -0.337 e. The van der Waals surface area contributed by atoms with Crippen LogP contribution in [0.15, 0.2) is 6.20 Å². The lowest BCUT2D eigenvalue weighted by molar-refractivity contribution is 0.484. The highest BCUT2D eigenvalue weighted by Crippen LogP contribution is 2.19. The average Bonchev–Trinajstić information content (AvgIpc) is 2.31. The zero-order valence-corrected chi connectivity index (χ0v) is 8.26. The van der Waals surface area contributed by atoms with Crippen molar-refractivity contribution in [2.75, 3.05) is 6.54 Å². The van der Waals surface area contributed by atoms with Gasteiger partial charge in [0.05, 0.1) is 5.69 Å². The highest BCUT2D eigenvalue weighted by atomic mass is 15.1. The minimum atomic E-state index is -0.0248. The summed E-state index contributed by atoms with van der Waals surface area (Å²) in [6.45, 7) is 6.83. The van der Waals surface area contributed by atoms with Crippen molar-refractivity contribution in [3.05, 3.63) is 17.7 Å². The number of nitrogens with two attached hydrogens (primary N) is 1. The summed E-state index contributed by atoms with van der Waals surface area (Å²) in [5.74, 6) is 1.06. The second-order valence-electron chi connectivity index (χ2n) is 3.90. The van der Waals surface area contributed by atoms with Crippen LogP contribution in [-0.4, -0.2) is 16.1 Å². The van der Waals surface area contributed by atoms with E-state index in [0.717, 1.165) is 11.5 Å². The maximum Gasteiger partial charge on any atom is 0.115 e. The fourth-order valence-electron chi connectivity index (χ4n) is 1.34. The van der Waals surface area contributed by atoms with Gasteiger partial charge in [-0.15, -0.1) is 0 Å². The van der Waals surface area contributed by atoms with Crippen LogP contribution in [0, 0.1) is 6.92 Å². The lowest BCUT2D eigenvalue weighted by Gasteiger charge is -2.21. The highest BCUT2D eigenvalue weighted by Gasteiger charge is 2.23. The minimum absolute atomic E-state index is 0.0248. The van der Waals surface area contributed by atoms with E-state index in [1.807, 2.05) is 24.7 Å². The van der Waals surface area contributed by atoms with E-state index in [1.165, 1.54) is 0 Å².